The number of aromatic nitrogens is 1. The van der Waals surface area contributed by atoms with Crippen LogP contribution in [0.1, 0.15) is 36.0 Å². The third-order valence-corrected chi connectivity index (χ3v) is 8.27. The van der Waals surface area contributed by atoms with Gasteiger partial charge in [-0.05, 0) is 47.4 Å². The highest BCUT2D eigenvalue weighted by Gasteiger charge is 2.47. The van der Waals surface area contributed by atoms with Crippen molar-refractivity contribution in [1.82, 2.24) is 9.88 Å². The number of hydrogen-bond donors (Lipinski definition) is 1. The number of nitriles is 1. The van der Waals surface area contributed by atoms with E-state index in [2.05, 4.69) is 47.5 Å². The number of carbonyl (C=O) groups excluding carboxylic acids is 1. The summed E-state index contributed by atoms with van der Waals surface area (Å²) < 4.78 is 5.77. The molecule has 0 bridgehead atoms. The van der Waals surface area contributed by atoms with Crippen molar-refractivity contribution < 1.29 is 9.53 Å². The number of nitrogens with zero attached hydrogens (tertiary/aromatic N) is 2. The van der Waals surface area contributed by atoms with Crippen LogP contribution in [0.25, 0.3) is 27.2 Å². The second kappa shape index (κ2) is 10.4. The van der Waals surface area contributed by atoms with Crippen LogP contribution in [0.2, 0.25) is 0 Å². The van der Waals surface area contributed by atoms with E-state index in [-0.39, 0.29) is 5.91 Å². The first kappa shape index (κ1) is 25.5. The number of ether oxygens (including phenoxy) is 1. The van der Waals surface area contributed by atoms with Gasteiger partial charge in [0.15, 0.2) is 0 Å². The predicted octanol–water partition coefficient (Wildman–Crippen LogP) is 7.31. The van der Waals surface area contributed by atoms with Crippen molar-refractivity contribution in [2.75, 3.05) is 20.2 Å². The summed E-state index contributed by atoms with van der Waals surface area (Å²) in [7, 11) is 1.63. The number of benzene rings is 4. The third kappa shape index (κ3) is 4.23. The van der Waals surface area contributed by atoms with E-state index in [1.165, 1.54) is 16.5 Å². The lowest BCUT2D eigenvalue weighted by Crippen LogP contribution is -2.46. The van der Waals surface area contributed by atoms with E-state index in [0.717, 1.165) is 33.8 Å². The molecular formula is C35H31N3O2. The Morgan fingerprint density at radius 2 is 1.65 bits per heavy atom. The summed E-state index contributed by atoms with van der Waals surface area (Å²) in [6.07, 6.45) is 4.90. The summed E-state index contributed by atoms with van der Waals surface area (Å²) in [5.41, 5.74) is 3.88. The van der Waals surface area contributed by atoms with Gasteiger partial charge in [0.2, 0.25) is 5.91 Å². The lowest BCUT2D eigenvalue weighted by molar-refractivity contribution is -0.138. The van der Waals surface area contributed by atoms with E-state index in [0.29, 0.717) is 18.8 Å². The molecule has 0 fully saturated rings. The zero-order chi connectivity index (χ0) is 27.7. The highest BCUT2D eigenvalue weighted by Crippen LogP contribution is 2.47. The first-order valence-electron chi connectivity index (χ1n) is 13.6. The van der Waals surface area contributed by atoms with Crippen LogP contribution >= 0.6 is 0 Å². The second-order valence-electron chi connectivity index (χ2n) is 10.5. The van der Waals surface area contributed by atoms with Gasteiger partial charge in [0.1, 0.15) is 11.2 Å². The lowest BCUT2D eigenvalue weighted by Gasteiger charge is -2.38. The van der Waals surface area contributed by atoms with E-state index < -0.39 is 11.3 Å². The highest BCUT2D eigenvalue weighted by atomic mass is 16.5. The van der Waals surface area contributed by atoms with E-state index in [1.807, 2.05) is 71.8 Å². The summed E-state index contributed by atoms with van der Waals surface area (Å²) in [4.78, 5) is 19.6. The molecule has 0 saturated heterocycles. The SMILES string of the molecule is COc1ccccc1[C@H](c1cccc2ccccc12)[C@@](C)(C#N)C(=O)N1CC=C(c2c[nH]c3ccccc23)CC1. The molecule has 0 unspecified atom stereocenters. The van der Waals surface area contributed by atoms with Crippen LogP contribution in [-0.2, 0) is 4.79 Å². The molecule has 0 aliphatic carbocycles. The van der Waals surface area contributed by atoms with Gasteiger partial charge in [-0.3, -0.25) is 4.79 Å². The van der Waals surface area contributed by atoms with E-state index in [4.69, 9.17) is 4.74 Å². The van der Waals surface area contributed by atoms with Crippen LogP contribution in [0.5, 0.6) is 5.75 Å². The van der Waals surface area contributed by atoms with Gasteiger partial charge < -0.3 is 14.6 Å². The third-order valence-electron chi connectivity index (χ3n) is 8.27. The minimum absolute atomic E-state index is 0.173. The standard InChI is InChI=1S/C35H31N3O2/c1-35(23-36,34(39)38-20-18-25(19-21-38)30-22-37-31-16-7-5-13-27(30)31)33(29-14-6-8-17-32(29)40-2)28-15-9-11-24-10-3-4-12-26(24)28/h3-18,22,33,37H,19-21H2,1-2H3/t33-,35+/m0/s1. The maximum absolute atomic E-state index is 14.4. The first-order valence-corrected chi connectivity index (χ1v) is 13.6. The Labute approximate surface area is 234 Å². The van der Waals surface area contributed by atoms with Crippen LogP contribution in [-0.4, -0.2) is 36.0 Å². The van der Waals surface area contributed by atoms with Crippen molar-refractivity contribution in [2.24, 2.45) is 5.41 Å². The molecular weight excluding hydrogens is 494 g/mol. The van der Waals surface area contributed by atoms with Crippen molar-refractivity contribution in [3.63, 3.8) is 0 Å². The van der Waals surface area contributed by atoms with Gasteiger partial charge in [0.25, 0.3) is 0 Å². The number of rotatable bonds is 6. The summed E-state index contributed by atoms with van der Waals surface area (Å²) in [5, 5.41) is 14.1. The predicted molar refractivity (Wildman–Crippen MR) is 160 cm³/mol. The minimum atomic E-state index is -1.37. The molecule has 198 valence electrons. The van der Waals surface area contributed by atoms with Crippen LogP contribution in [0.4, 0.5) is 0 Å². The fourth-order valence-corrected chi connectivity index (χ4v) is 6.20. The number of aromatic amines is 1. The van der Waals surface area contributed by atoms with Crippen LogP contribution in [0, 0.1) is 16.7 Å². The molecule has 2 atom stereocenters. The molecule has 0 saturated carbocycles. The summed E-state index contributed by atoms with van der Waals surface area (Å²) in [6.45, 7) is 2.79. The van der Waals surface area contributed by atoms with Crippen LogP contribution < -0.4 is 4.74 Å². The van der Waals surface area contributed by atoms with Crippen molar-refractivity contribution in [2.45, 2.75) is 19.3 Å². The summed E-state index contributed by atoms with van der Waals surface area (Å²) >= 11 is 0. The molecule has 1 aliphatic heterocycles. The molecule has 5 nitrogen and oxygen atoms in total. The lowest BCUT2D eigenvalue weighted by atomic mass is 9.68. The normalized spacial score (nSPS) is 15.7. The maximum atomic E-state index is 14.4. The van der Waals surface area contributed by atoms with Gasteiger partial charge in [0, 0.05) is 47.2 Å². The zero-order valence-electron chi connectivity index (χ0n) is 22.7. The summed E-state index contributed by atoms with van der Waals surface area (Å²) in [5.74, 6) is -0.0471. The maximum Gasteiger partial charge on any atom is 0.244 e. The van der Waals surface area contributed by atoms with Gasteiger partial charge in [-0.2, -0.15) is 5.26 Å². The Morgan fingerprint density at radius 3 is 2.42 bits per heavy atom. The quantitative estimate of drug-likeness (QED) is 0.253. The van der Waals surface area contributed by atoms with Crippen LogP contribution in [0.15, 0.2) is 103 Å². The topological polar surface area (TPSA) is 69.1 Å². The Balaban J connectivity index is 1.41. The Hall–Kier alpha value is -4.82. The largest absolute Gasteiger partial charge is 0.496 e. The molecule has 1 amide bonds. The Bertz CT molecular complexity index is 1790. The molecule has 6 rings (SSSR count). The molecule has 40 heavy (non-hydrogen) atoms. The first-order chi connectivity index (χ1) is 19.5. The van der Waals surface area contributed by atoms with Crippen molar-refractivity contribution in [1.29, 1.82) is 5.26 Å². The number of amides is 1. The minimum Gasteiger partial charge on any atom is -0.496 e. The number of hydrogen-bond acceptors (Lipinski definition) is 3. The number of methoxy groups -OCH3 is 1. The van der Waals surface area contributed by atoms with Gasteiger partial charge in [-0.15, -0.1) is 0 Å². The van der Waals surface area contributed by atoms with Gasteiger partial charge in [-0.1, -0.05) is 84.9 Å². The molecule has 0 spiro atoms. The van der Waals surface area contributed by atoms with Crippen LogP contribution in [0.3, 0.4) is 0 Å². The molecule has 0 radical (unpaired) electrons. The van der Waals surface area contributed by atoms with E-state index >= 15 is 0 Å². The average Bonchev–Trinajstić information content (AvgIpc) is 3.45. The number of nitrogens with one attached hydrogen (secondary N) is 1. The smallest absolute Gasteiger partial charge is 0.244 e. The number of carbonyl (C=O) groups is 1. The molecule has 2 heterocycles. The van der Waals surface area contributed by atoms with Gasteiger partial charge >= 0.3 is 0 Å². The number of fused-ring (bicyclic) bond motifs is 2. The van der Waals surface area contributed by atoms with E-state index in [9.17, 15) is 10.1 Å². The number of H-pyrrole nitrogens is 1. The average molecular weight is 526 g/mol. The van der Waals surface area contributed by atoms with Gasteiger partial charge in [-0.25, -0.2) is 0 Å². The Morgan fingerprint density at radius 1 is 0.950 bits per heavy atom. The van der Waals surface area contributed by atoms with Crippen molar-refractivity contribution in [3.05, 3.63) is 120 Å². The fraction of sp³-hybridized carbons (Fsp3) is 0.200. The summed E-state index contributed by atoms with van der Waals surface area (Å²) in [6, 6.07) is 32.7. The fourth-order valence-electron chi connectivity index (χ4n) is 6.20. The van der Waals surface area contributed by atoms with Crippen molar-refractivity contribution in [3.8, 4) is 11.8 Å². The molecule has 1 aromatic heterocycles. The second-order valence-corrected chi connectivity index (χ2v) is 10.5. The monoisotopic (exact) mass is 525 g/mol. The molecule has 5 aromatic rings. The zero-order valence-corrected chi connectivity index (χ0v) is 22.7. The number of para-hydroxylation sites is 2. The van der Waals surface area contributed by atoms with E-state index in [1.54, 1.807) is 14.0 Å². The molecule has 5 heteroatoms. The molecule has 1 aliphatic rings. The molecule has 4 aromatic carbocycles. The molecule has 1 N–H and O–H groups in total. The highest BCUT2D eigenvalue weighted by molar-refractivity contribution is 5.94. The Kier molecular flexibility index (Phi) is 6.61. The van der Waals surface area contributed by atoms with Gasteiger partial charge in [0.05, 0.1) is 13.2 Å². The van der Waals surface area contributed by atoms with Crippen molar-refractivity contribution >= 4 is 33.2 Å².